The summed E-state index contributed by atoms with van der Waals surface area (Å²) >= 11 is 0. The summed E-state index contributed by atoms with van der Waals surface area (Å²) in [7, 11) is 0. The fraction of sp³-hybridized carbons (Fsp3) is 0.360. The van der Waals surface area contributed by atoms with Crippen LogP contribution in [-0.4, -0.2) is 47.5 Å². The van der Waals surface area contributed by atoms with Crippen molar-refractivity contribution in [2.45, 2.75) is 32.7 Å². The summed E-state index contributed by atoms with van der Waals surface area (Å²) < 4.78 is 10.7. The van der Waals surface area contributed by atoms with Crippen molar-refractivity contribution in [3.05, 3.63) is 53.7 Å². The zero-order valence-electron chi connectivity index (χ0n) is 18.3. The predicted octanol–water partition coefficient (Wildman–Crippen LogP) is 4.13. The number of aryl methyl sites for hydroxylation is 1. The van der Waals surface area contributed by atoms with Crippen molar-refractivity contribution in [2.75, 3.05) is 25.2 Å². The van der Waals surface area contributed by atoms with Gasteiger partial charge in [-0.3, -0.25) is 14.5 Å². The number of nitrogens with one attached hydrogen (secondary N) is 2. The third-order valence-corrected chi connectivity index (χ3v) is 6.61. The molecule has 0 spiro atoms. The molecule has 0 saturated carbocycles. The number of benzene rings is 2. The van der Waals surface area contributed by atoms with Crippen LogP contribution in [0.4, 0.5) is 5.69 Å². The van der Waals surface area contributed by atoms with Gasteiger partial charge in [0.2, 0.25) is 12.7 Å². The number of anilines is 1. The van der Waals surface area contributed by atoms with Gasteiger partial charge in [-0.05, 0) is 58.0 Å². The number of likely N-dealkylation sites (tertiary alicyclic amines) is 1. The molecule has 1 aromatic heterocycles. The number of Topliss-reactive ketones (excluding diaryl/α,β-unsaturated/α-hetero) is 1. The average molecular weight is 434 g/mol. The third-order valence-electron chi connectivity index (χ3n) is 6.61. The van der Waals surface area contributed by atoms with E-state index >= 15 is 0 Å². The molecule has 166 valence electrons. The van der Waals surface area contributed by atoms with Crippen molar-refractivity contribution >= 4 is 28.3 Å². The van der Waals surface area contributed by atoms with Gasteiger partial charge < -0.3 is 19.8 Å². The predicted molar refractivity (Wildman–Crippen MR) is 122 cm³/mol. The SMILES string of the molecule is Cc1[nH]c2ccccc2c1C(=O)[C@@H](C)N1CCC(C(=O)Nc2ccc3c(c2)OCO3)CC1. The summed E-state index contributed by atoms with van der Waals surface area (Å²) in [6.45, 7) is 5.56. The van der Waals surface area contributed by atoms with Crippen LogP contribution < -0.4 is 14.8 Å². The summed E-state index contributed by atoms with van der Waals surface area (Å²) in [4.78, 5) is 31.6. The molecule has 7 heteroatoms. The lowest BCUT2D eigenvalue weighted by molar-refractivity contribution is -0.121. The number of fused-ring (bicyclic) bond motifs is 2. The Balaban J connectivity index is 1.21. The number of piperidine rings is 1. The molecule has 2 aliphatic rings. The van der Waals surface area contributed by atoms with E-state index < -0.39 is 0 Å². The lowest BCUT2D eigenvalue weighted by Gasteiger charge is -2.34. The summed E-state index contributed by atoms with van der Waals surface area (Å²) in [6, 6.07) is 13.1. The number of ether oxygens (including phenoxy) is 2. The number of carbonyl (C=O) groups is 2. The quantitative estimate of drug-likeness (QED) is 0.591. The first kappa shape index (κ1) is 20.6. The average Bonchev–Trinajstić information content (AvgIpc) is 3.41. The van der Waals surface area contributed by atoms with E-state index in [9.17, 15) is 9.59 Å². The van der Waals surface area contributed by atoms with Gasteiger partial charge in [0.15, 0.2) is 17.3 Å². The van der Waals surface area contributed by atoms with Gasteiger partial charge in [-0.1, -0.05) is 18.2 Å². The molecule has 1 fully saturated rings. The molecule has 1 saturated heterocycles. The van der Waals surface area contributed by atoms with Crippen LogP contribution in [0.2, 0.25) is 0 Å². The Morgan fingerprint density at radius 1 is 1.09 bits per heavy atom. The number of hydrogen-bond acceptors (Lipinski definition) is 5. The van der Waals surface area contributed by atoms with Crippen molar-refractivity contribution in [1.29, 1.82) is 0 Å². The standard InChI is InChI=1S/C25H27N3O4/c1-15-23(19-5-3-4-6-20(19)26-15)24(29)16(2)28-11-9-17(10-12-28)25(30)27-18-7-8-21-22(13-18)32-14-31-21/h3-8,13,16-17,26H,9-12,14H2,1-2H3,(H,27,30)/t16-/m1/s1. The Morgan fingerprint density at radius 2 is 1.84 bits per heavy atom. The highest BCUT2D eigenvalue weighted by atomic mass is 16.7. The first-order valence-electron chi connectivity index (χ1n) is 11.1. The first-order valence-corrected chi connectivity index (χ1v) is 11.1. The number of carbonyl (C=O) groups excluding carboxylic acids is 2. The van der Waals surface area contributed by atoms with E-state index in [4.69, 9.17) is 9.47 Å². The largest absolute Gasteiger partial charge is 0.454 e. The van der Waals surface area contributed by atoms with Crippen LogP contribution in [0.15, 0.2) is 42.5 Å². The molecule has 1 amide bonds. The molecule has 0 radical (unpaired) electrons. The molecule has 2 aliphatic heterocycles. The van der Waals surface area contributed by atoms with Gasteiger partial charge in [0, 0.05) is 39.8 Å². The van der Waals surface area contributed by atoms with Crippen LogP contribution in [0.3, 0.4) is 0 Å². The second-order valence-corrected chi connectivity index (χ2v) is 8.58. The zero-order valence-corrected chi connectivity index (χ0v) is 18.3. The molecule has 2 aromatic carbocycles. The van der Waals surface area contributed by atoms with E-state index in [1.807, 2.05) is 44.2 Å². The molecule has 2 N–H and O–H groups in total. The van der Waals surface area contributed by atoms with E-state index in [1.54, 1.807) is 12.1 Å². The maximum absolute atomic E-state index is 13.3. The normalized spacial score (nSPS) is 17.4. The monoisotopic (exact) mass is 433 g/mol. The number of aromatic amines is 1. The van der Waals surface area contributed by atoms with Crippen molar-refractivity contribution in [1.82, 2.24) is 9.88 Å². The third kappa shape index (κ3) is 3.73. The summed E-state index contributed by atoms with van der Waals surface area (Å²) in [5, 5.41) is 3.97. The van der Waals surface area contributed by atoms with Crippen molar-refractivity contribution < 1.29 is 19.1 Å². The molecule has 3 aromatic rings. The number of H-pyrrole nitrogens is 1. The Labute approximate surface area is 186 Å². The van der Waals surface area contributed by atoms with Crippen LogP contribution >= 0.6 is 0 Å². The minimum atomic E-state index is -0.231. The topological polar surface area (TPSA) is 83.7 Å². The zero-order chi connectivity index (χ0) is 22.2. The maximum Gasteiger partial charge on any atom is 0.231 e. The summed E-state index contributed by atoms with van der Waals surface area (Å²) in [5.41, 5.74) is 3.37. The minimum absolute atomic E-state index is 0.00923. The van der Waals surface area contributed by atoms with Gasteiger partial charge in [-0.25, -0.2) is 0 Å². The highest BCUT2D eigenvalue weighted by Crippen LogP contribution is 2.34. The first-order chi connectivity index (χ1) is 15.5. The molecule has 5 rings (SSSR count). The van der Waals surface area contributed by atoms with Crippen molar-refractivity contribution in [3.8, 4) is 11.5 Å². The van der Waals surface area contributed by atoms with Crippen LogP contribution in [0, 0.1) is 12.8 Å². The van der Waals surface area contributed by atoms with Crippen molar-refractivity contribution in [2.24, 2.45) is 5.92 Å². The Hall–Kier alpha value is -3.32. The van der Waals surface area contributed by atoms with Gasteiger partial charge in [0.05, 0.1) is 6.04 Å². The molecular formula is C25H27N3O4. The molecule has 0 bridgehead atoms. The highest BCUT2D eigenvalue weighted by Gasteiger charge is 2.31. The second-order valence-electron chi connectivity index (χ2n) is 8.58. The van der Waals surface area contributed by atoms with Crippen LogP contribution in [0.5, 0.6) is 11.5 Å². The summed E-state index contributed by atoms with van der Waals surface area (Å²) in [5.74, 6) is 1.41. The smallest absolute Gasteiger partial charge is 0.231 e. The van der Waals surface area contributed by atoms with Crippen LogP contribution in [0.1, 0.15) is 35.8 Å². The van der Waals surface area contributed by atoms with Crippen molar-refractivity contribution in [3.63, 3.8) is 0 Å². The number of hydrogen-bond donors (Lipinski definition) is 2. The number of rotatable bonds is 5. The number of amides is 1. The lowest BCUT2D eigenvalue weighted by atomic mass is 9.93. The van der Waals surface area contributed by atoms with Gasteiger partial charge in [0.1, 0.15) is 0 Å². The van der Waals surface area contributed by atoms with Gasteiger partial charge >= 0.3 is 0 Å². The fourth-order valence-electron chi connectivity index (χ4n) is 4.74. The molecule has 1 atom stereocenters. The van der Waals surface area contributed by atoms with Crippen LogP contribution in [0.25, 0.3) is 10.9 Å². The highest BCUT2D eigenvalue weighted by molar-refractivity contribution is 6.11. The van der Waals surface area contributed by atoms with E-state index in [0.29, 0.717) is 30.3 Å². The molecule has 0 aliphatic carbocycles. The van der Waals surface area contributed by atoms with Gasteiger partial charge in [-0.2, -0.15) is 0 Å². The number of aromatic nitrogens is 1. The Kier molecular flexibility index (Phi) is 5.35. The maximum atomic E-state index is 13.3. The second kappa shape index (κ2) is 8.31. The molecular weight excluding hydrogens is 406 g/mol. The Bertz CT molecular complexity index is 1180. The number of para-hydroxylation sites is 1. The fourth-order valence-corrected chi connectivity index (χ4v) is 4.74. The molecule has 0 unspecified atom stereocenters. The lowest BCUT2D eigenvalue weighted by Crippen LogP contribution is -2.45. The van der Waals surface area contributed by atoms with E-state index in [-0.39, 0.29) is 30.4 Å². The van der Waals surface area contributed by atoms with E-state index in [1.165, 1.54) is 0 Å². The van der Waals surface area contributed by atoms with Gasteiger partial charge in [-0.15, -0.1) is 0 Å². The molecule has 7 nitrogen and oxygen atoms in total. The molecule has 32 heavy (non-hydrogen) atoms. The van der Waals surface area contributed by atoms with E-state index in [2.05, 4.69) is 15.2 Å². The Morgan fingerprint density at radius 3 is 2.66 bits per heavy atom. The summed E-state index contributed by atoms with van der Waals surface area (Å²) in [6.07, 6.45) is 1.45. The minimum Gasteiger partial charge on any atom is -0.454 e. The number of nitrogens with zero attached hydrogens (tertiary/aromatic N) is 1. The van der Waals surface area contributed by atoms with E-state index in [0.717, 1.165) is 35.0 Å². The molecule has 3 heterocycles. The number of ketones is 1. The van der Waals surface area contributed by atoms with Crippen LogP contribution in [-0.2, 0) is 4.79 Å². The van der Waals surface area contributed by atoms with Gasteiger partial charge in [0.25, 0.3) is 0 Å².